The first-order valence-electron chi connectivity index (χ1n) is 8.36. The summed E-state index contributed by atoms with van der Waals surface area (Å²) in [5, 5.41) is 9.61. The molecule has 0 fully saturated rings. The van der Waals surface area contributed by atoms with Gasteiger partial charge in [-0.3, -0.25) is 9.36 Å². The molecule has 1 aromatic carbocycles. The average Bonchev–Trinajstić information content (AvgIpc) is 2.62. The number of aliphatic carboxylic acids is 1. The van der Waals surface area contributed by atoms with Crippen molar-refractivity contribution in [3.63, 3.8) is 0 Å². The molecule has 0 aliphatic rings. The van der Waals surface area contributed by atoms with Crippen molar-refractivity contribution >= 4 is 28.8 Å². The van der Waals surface area contributed by atoms with Gasteiger partial charge >= 0.3 is 11.7 Å². The summed E-state index contributed by atoms with van der Waals surface area (Å²) in [4.78, 5) is 27.4. The molecular formula is C17H22N4O5S2. The molecule has 1 atom stereocenters. The molecule has 2 aromatic rings. The normalized spacial score (nSPS) is 12.9. The minimum atomic E-state index is -3.99. The van der Waals surface area contributed by atoms with Gasteiger partial charge in [-0.1, -0.05) is 30.3 Å². The molecule has 152 valence electrons. The van der Waals surface area contributed by atoms with Crippen molar-refractivity contribution in [3.8, 4) is 0 Å². The number of aryl methyl sites for hydroxylation is 2. The van der Waals surface area contributed by atoms with Crippen LogP contribution in [0.15, 0.2) is 46.3 Å². The summed E-state index contributed by atoms with van der Waals surface area (Å²) in [5.41, 5.74) is 1.05. The van der Waals surface area contributed by atoms with Crippen molar-refractivity contribution in [2.24, 2.45) is 0 Å². The zero-order valence-electron chi connectivity index (χ0n) is 15.4. The number of hydrogen-bond donors (Lipinski definition) is 3. The van der Waals surface area contributed by atoms with Crippen LogP contribution in [-0.4, -0.2) is 53.5 Å². The fraction of sp³-hybridized carbons (Fsp3) is 0.353. The van der Waals surface area contributed by atoms with Gasteiger partial charge in [0.1, 0.15) is 11.1 Å². The van der Waals surface area contributed by atoms with Crippen molar-refractivity contribution in [3.05, 3.63) is 58.1 Å². The van der Waals surface area contributed by atoms with E-state index in [9.17, 15) is 23.1 Å². The zero-order chi connectivity index (χ0) is 20.9. The van der Waals surface area contributed by atoms with Gasteiger partial charge in [0.05, 0.1) is 6.54 Å². The topological polar surface area (TPSA) is 122 Å². The Morgan fingerprint density at radius 1 is 1.29 bits per heavy atom. The third-order valence-electron chi connectivity index (χ3n) is 4.02. The highest BCUT2D eigenvalue weighted by Gasteiger charge is 2.26. The molecule has 0 radical (unpaired) electrons. The number of aromatic nitrogens is 2. The molecule has 0 bridgehead atoms. The molecule has 2 N–H and O–H groups in total. The van der Waals surface area contributed by atoms with Crippen molar-refractivity contribution in [2.75, 3.05) is 14.1 Å². The van der Waals surface area contributed by atoms with E-state index in [-0.39, 0.29) is 5.03 Å². The fourth-order valence-electron chi connectivity index (χ4n) is 2.41. The van der Waals surface area contributed by atoms with E-state index < -0.39 is 34.5 Å². The van der Waals surface area contributed by atoms with E-state index in [1.807, 2.05) is 30.3 Å². The monoisotopic (exact) mass is 426 g/mol. The number of carboxylic acids is 1. The van der Waals surface area contributed by atoms with E-state index in [4.69, 9.17) is 0 Å². The second-order valence-corrected chi connectivity index (χ2v) is 8.65. The van der Waals surface area contributed by atoms with Crippen LogP contribution in [0.2, 0.25) is 0 Å². The van der Waals surface area contributed by atoms with Gasteiger partial charge in [-0.15, -0.1) is 12.6 Å². The lowest BCUT2D eigenvalue weighted by Crippen LogP contribution is -2.49. The first-order valence-corrected chi connectivity index (χ1v) is 10.2. The lowest BCUT2D eigenvalue weighted by molar-refractivity contribution is -0.139. The van der Waals surface area contributed by atoms with E-state index >= 15 is 0 Å². The van der Waals surface area contributed by atoms with Crippen molar-refractivity contribution in [1.82, 2.24) is 18.6 Å². The highest BCUT2D eigenvalue weighted by atomic mass is 32.2. The summed E-state index contributed by atoms with van der Waals surface area (Å²) in [7, 11) is -1.45. The minimum absolute atomic E-state index is 0.262. The lowest BCUT2D eigenvalue weighted by Gasteiger charge is -2.19. The Labute approximate surface area is 168 Å². The molecule has 0 unspecified atom stereocenters. The highest BCUT2D eigenvalue weighted by molar-refractivity contribution is 7.87. The van der Waals surface area contributed by atoms with Gasteiger partial charge in [0.2, 0.25) is 0 Å². The van der Waals surface area contributed by atoms with Crippen LogP contribution in [0.1, 0.15) is 11.1 Å². The van der Waals surface area contributed by atoms with Crippen LogP contribution >= 0.6 is 12.6 Å². The molecular weight excluding hydrogens is 404 g/mol. The maximum Gasteiger partial charge on any atom is 0.348 e. The first-order chi connectivity index (χ1) is 13.1. The molecule has 0 saturated carbocycles. The second-order valence-electron chi connectivity index (χ2n) is 6.31. The zero-order valence-corrected chi connectivity index (χ0v) is 17.2. The lowest BCUT2D eigenvalue weighted by atomic mass is 10.1. The Balaban J connectivity index is 2.24. The molecule has 11 heteroatoms. The molecule has 28 heavy (non-hydrogen) atoms. The van der Waals surface area contributed by atoms with Crippen molar-refractivity contribution in [2.45, 2.75) is 30.5 Å². The Morgan fingerprint density at radius 2 is 1.93 bits per heavy atom. The summed E-state index contributed by atoms with van der Waals surface area (Å²) in [5.74, 6) is -1.40. The van der Waals surface area contributed by atoms with E-state index in [0.29, 0.717) is 18.4 Å². The molecule has 0 spiro atoms. The summed E-state index contributed by atoms with van der Waals surface area (Å²) < 4.78 is 27.9. The fourth-order valence-corrected chi connectivity index (χ4v) is 3.41. The van der Waals surface area contributed by atoms with Gasteiger partial charge in [-0.05, 0) is 18.4 Å². The number of carbonyl (C=O) groups is 1. The third kappa shape index (κ3) is 5.89. The number of hydrogen-bond acceptors (Lipinski definition) is 6. The number of nitrogens with one attached hydrogen (secondary N) is 1. The van der Waals surface area contributed by atoms with Crippen LogP contribution in [0.3, 0.4) is 0 Å². The Morgan fingerprint density at radius 3 is 2.50 bits per heavy atom. The van der Waals surface area contributed by atoms with Crippen LogP contribution in [0.5, 0.6) is 0 Å². The van der Waals surface area contributed by atoms with Crippen molar-refractivity contribution < 1.29 is 18.3 Å². The van der Waals surface area contributed by atoms with E-state index in [1.165, 1.54) is 20.3 Å². The largest absolute Gasteiger partial charge is 0.480 e. The Hall–Kier alpha value is -2.21. The molecule has 0 amide bonds. The minimum Gasteiger partial charge on any atom is -0.480 e. The standard InChI is InChI=1S/C17H22N4O5S2/c1-20(2)28(25,26)19-14(16(22)23)11-21-10-13(15(27)18-17(21)24)9-8-12-6-4-3-5-7-12/h3-7,10,14,19H,8-9,11H2,1-2H3,(H,22,23)(H,18,24,27)/t14-/m0/s1. The molecule has 0 aliphatic heterocycles. The summed E-state index contributed by atoms with van der Waals surface area (Å²) in [6.45, 7) is -0.402. The SMILES string of the molecule is CN(C)S(=O)(=O)N[C@@H](Cn1cc(CCc2ccccc2)c(S)nc1=O)C(=O)O. The van der Waals surface area contributed by atoms with Crippen LogP contribution in [0.4, 0.5) is 0 Å². The number of benzene rings is 1. The highest BCUT2D eigenvalue weighted by Crippen LogP contribution is 2.12. The number of thiol groups is 1. The van der Waals surface area contributed by atoms with Crippen LogP contribution in [0.25, 0.3) is 0 Å². The van der Waals surface area contributed by atoms with Gasteiger partial charge in [0.15, 0.2) is 0 Å². The molecule has 1 aromatic heterocycles. The van der Waals surface area contributed by atoms with Gasteiger partial charge in [-0.2, -0.15) is 22.4 Å². The van der Waals surface area contributed by atoms with Crippen LogP contribution < -0.4 is 10.4 Å². The molecule has 9 nitrogen and oxygen atoms in total. The van der Waals surface area contributed by atoms with Gasteiger partial charge < -0.3 is 5.11 Å². The summed E-state index contributed by atoms with van der Waals surface area (Å²) in [6, 6.07) is 8.17. The summed E-state index contributed by atoms with van der Waals surface area (Å²) in [6.07, 6.45) is 2.70. The number of rotatable bonds is 9. The van der Waals surface area contributed by atoms with E-state index in [2.05, 4.69) is 22.3 Å². The molecule has 0 aliphatic carbocycles. The Bertz CT molecular complexity index is 990. The van der Waals surface area contributed by atoms with E-state index in [0.717, 1.165) is 14.4 Å². The van der Waals surface area contributed by atoms with Crippen molar-refractivity contribution in [1.29, 1.82) is 0 Å². The number of nitrogens with zero attached hydrogens (tertiary/aromatic N) is 3. The summed E-state index contributed by atoms with van der Waals surface area (Å²) >= 11 is 4.23. The third-order valence-corrected chi connectivity index (χ3v) is 5.95. The van der Waals surface area contributed by atoms with E-state index in [1.54, 1.807) is 0 Å². The molecule has 0 saturated heterocycles. The average molecular weight is 427 g/mol. The molecule has 1 heterocycles. The quantitative estimate of drug-likeness (QED) is 0.388. The Kier molecular flexibility index (Phi) is 7.35. The predicted octanol–water partition coefficient (Wildman–Crippen LogP) is 0.166. The van der Waals surface area contributed by atoms with Gasteiger partial charge in [0.25, 0.3) is 10.2 Å². The maximum atomic E-state index is 12.1. The maximum absolute atomic E-state index is 12.1. The molecule has 2 rings (SSSR count). The first kappa shape index (κ1) is 22.1. The van der Waals surface area contributed by atoms with Gasteiger partial charge in [0, 0.05) is 25.9 Å². The van der Waals surface area contributed by atoms with Gasteiger partial charge in [-0.25, -0.2) is 4.79 Å². The second kappa shape index (κ2) is 9.32. The predicted molar refractivity (Wildman–Crippen MR) is 107 cm³/mol. The van der Waals surface area contributed by atoms with Crippen LogP contribution in [-0.2, 0) is 34.4 Å². The number of carboxylic acid groups (broad SMARTS) is 1. The van der Waals surface area contributed by atoms with Crippen LogP contribution in [0, 0.1) is 0 Å². The smallest absolute Gasteiger partial charge is 0.348 e.